The number of aliphatic hydroxyl groups is 1. The highest BCUT2D eigenvalue weighted by Gasteiger charge is 2.26. The van der Waals surface area contributed by atoms with E-state index < -0.39 is 23.8 Å². The Morgan fingerprint density at radius 1 is 1.23 bits per heavy atom. The molecule has 0 bridgehead atoms. The molecule has 3 rings (SSSR count). The van der Waals surface area contributed by atoms with Crippen molar-refractivity contribution in [2.45, 2.75) is 38.5 Å². The number of carbonyl (C=O) groups excluding carboxylic acids is 1. The highest BCUT2D eigenvalue weighted by atomic mass is 19.1. The van der Waals surface area contributed by atoms with E-state index in [-0.39, 0.29) is 13.0 Å². The Hall–Kier alpha value is -2.74. The van der Waals surface area contributed by atoms with Gasteiger partial charge in [0.05, 0.1) is 24.4 Å². The van der Waals surface area contributed by atoms with Crippen LogP contribution < -0.4 is 0 Å². The minimum atomic E-state index is -1.35. The largest absolute Gasteiger partial charge is 0.481 e. The lowest BCUT2D eigenvalue weighted by atomic mass is 10.1. The van der Waals surface area contributed by atoms with Crippen molar-refractivity contribution >= 4 is 11.9 Å². The number of aliphatic hydroxyl groups excluding tert-OH is 1. The van der Waals surface area contributed by atoms with E-state index in [0.29, 0.717) is 37.2 Å². The maximum atomic E-state index is 13.0. The Morgan fingerprint density at radius 3 is 2.65 bits per heavy atom. The number of hydrogen-bond acceptors (Lipinski definition) is 4. The van der Waals surface area contributed by atoms with Crippen molar-refractivity contribution in [3.05, 3.63) is 53.1 Å². The zero-order valence-corrected chi connectivity index (χ0v) is 14.1. The molecular formula is C18H20FN3O4. The molecule has 26 heavy (non-hydrogen) atoms. The fourth-order valence-electron chi connectivity index (χ4n) is 3.03. The Labute approximate surface area is 149 Å². The number of carboxylic acids is 1. The SMILES string of the molecule is O=C(O)CCc1cc2n(n1)CCCN(C(=O)C(O)c1ccc(F)cc1)C2. The number of nitrogens with zero attached hydrogens (tertiary/aromatic N) is 3. The second-order valence-electron chi connectivity index (χ2n) is 6.31. The van der Waals surface area contributed by atoms with Gasteiger partial charge in [0.1, 0.15) is 5.82 Å². The van der Waals surface area contributed by atoms with Gasteiger partial charge in [-0.1, -0.05) is 12.1 Å². The molecule has 138 valence electrons. The van der Waals surface area contributed by atoms with E-state index in [0.717, 1.165) is 5.69 Å². The highest BCUT2D eigenvalue weighted by Crippen LogP contribution is 2.21. The summed E-state index contributed by atoms with van der Waals surface area (Å²) in [6.45, 7) is 1.39. The second kappa shape index (κ2) is 7.65. The number of carbonyl (C=O) groups is 2. The van der Waals surface area contributed by atoms with Gasteiger partial charge in [0, 0.05) is 19.5 Å². The predicted octanol–water partition coefficient (Wildman–Crippen LogP) is 1.51. The summed E-state index contributed by atoms with van der Waals surface area (Å²) in [7, 11) is 0. The third-order valence-corrected chi connectivity index (χ3v) is 4.39. The average molecular weight is 361 g/mol. The standard InChI is InChI=1S/C18H20FN3O4/c19-13-4-2-12(3-5-13)17(25)18(26)21-8-1-9-22-15(11-21)10-14(20-22)6-7-16(23)24/h2-5,10,17,25H,1,6-9,11H2,(H,23,24). The van der Waals surface area contributed by atoms with Gasteiger partial charge < -0.3 is 15.1 Å². The monoisotopic (exact) mass is 361 g/mol. The Bertz CT molecular complexity index is 803. The summed E-state index contributed by atoms with van der Waals surface area (Å²) in [5.74, 6) is -1.76. The number of fused-ring (bicyclic) bond motifs is 1. The lowest BCUT2D eigenvalue weighted by molar-refractivity contribution is -0.141. The number of rotatable bonds is 5. The van der Waals surface area contributed by atoms with Crippen LogP contribution in [0.2, 0.25) is 0 Å². The molecule has 0 aliphatic carbocycles. The van der Waals surface area contributed by atoms with Crippen LogP contribution in [0.5, 0.6) is 0 Å². The normalized spacial score (nSPS) is 15.2. The summed E-state index contributed by atoms with van der Waals surface area (Å²) in [6.07, 6.45) is -0.338. The molecule has 7 nitrogen and oxygen atoms in total. The van der Waals surface area contributed by atoms with Gasteiger partial charge in [-0.3, -0.25) is 14.3 Å². The van der Waals surface area contributed by atoms with Crippen LogP contribution in [0, 0.1) is 5.82 Å². The van der Waals surface area contributed by atoms with Gasteiger partial charge in [-0.05, 0) is 30.2 Å². The molecule has 0 saturated heterocycles. The summed E-state index contributed by atoms with van der Waals surface area (Å²) in [5.41, 5.74) is 1.83. The summed E-state index contributed by atoms with van der Waals surface area (Å²) < 4.78 is 14.8. The molecule has 1 atom stereocenters. The van der Waals surface area contributed by atoms with E-state index in [1.807, 2.05) is 0 Å². The number of amides is 1. The first-order valence-electron chi connectivity index (χ1n) is 8.44. The molecule has 8 heteroatoms. The van der Waals surface area contributed by atoms with Gasteiger partial charge in [0.2, 0.25) is 0 Å². The van der Waals surface area contributed by atoms with E-state index in [4.69, 9.17) is 5.11 Å². The van der Waals surface area contributed by atoms with Crippen molar-refractivity contribution in [1.82, 2.24) is 14.7 Å². The van der Waals surface area contributed by atoms with E-state index in [9.17, 15) is 19.1 Å². The summed E-state index contributed by atoms with van der Waals surface area (Å²) in [5, 5.41) is 23.5. The van der Waals surface area contributed by atoms with Crippen LogP contribution in [0.15, 0.2) is 30.3 Å². The molecule has 2 N–H and O–H groups in total. The zero-order valence-electron chi connectivity index (χ0n) is 14.1. The van der Waals surface area contributed by atoms with E-state index in [2.05, 4.69) is 5.10 Å². The summed E-state index contributed by atoms with van der Waals surface area (Å²) in [4.78, 5) is 24.9. The van der Waals surface area contributed by atoms with E-state index in [1.165, 1.54) is 24.3 Å². The molecule has 1 unspecified atom stereocenters. The lowest BCUT2D eigenvalue weighted by Gasteiger charge is -2.23. The second-order valence-corrected chi connectivity index (χ2v) is 6.31. The summed E-state index contributed by atoms with van der Waals surface area (Å²) >= 11 is 0. The number of carboxylic acid groups (broad SMARTS) is 1. The molecule has 2 heterocycles. The topological polar surface area (TPSA) is 95.7 Å². The molecule has 1 amide bonds. The van der Waals surface area contributed by atoms with Crippen LogP contribution in [-0.4, -0.2) is 43.3 Å². The number of benzene rings is 1. The van der Waals surface area contributed by atoms with Gasteiger partial charge in [-0.25, -0.2) is 4.39 Å². The Morgan fingerprint density at radius 2 is 1.96 bits per heavy atom. The van der Waals surface area contributed by atoms with Gasteiger partial charge >= 0.3 is 5.97 Å². The zero-order chi connectivity index (χ0) is 18.7. The number of halogens is 1. The van der Waals surface area contributed by atoms with Crippen molar-refractivity contribution in [1.29, 1.82) is 0 Å². The average Bonchev–Trinajstić information content (AvgIpc) is 2.89. The van der Waals surface area contributed by atoms with Gasteiger partial charge in [-0.15, -0.1) is 0 Å². The van der Waals surface area contributed by atoms with Crippen molar-refractivity contribution in [2.24, 2.45) is 0 Å². The Balaban J connectivity index is 1.72. The number of aromatic nitrogens is 2. The maximum Gasteiger partial charge on any atom is 0.303 e. The minimum absolute atomic E-state index is 0.00236. The van der Waals surface area contributed by atoms with E-state index in [1.54, 1.807) is 15.6 Å². The van der Waals surface area contributed by atoms with Crippen molar-refractivity contribution in [3.8, 4) is 0 Å². The molecule has 0 fully saturated rings. The highest BCUT2D eigenvalue weighted by molar-refractivity contribution is 5.82. The first-order valence-corrected chi connectivity index (χ1v) is 8.44. The lowest BCUT2D eigenvalue weighted by Crippen LogP contribution is -2.34. The molecule has 0 saturated carbocycles. The molecule has 2 aromatic rings. The quantitative estimate of drug-likeness (QED) is 0.842. The van der Waals surface area contributed by atoms with Crippen molar-refractivity contribution in [3.63, 3.8) is 0 Å². The number of hydrogen-bond donors (Lipinski definition) is 2. The third-order valence-electron chi connectivity index (χ3n) is 4.39. The number of aryl methyl sites for hydroxylation is 2. The predicted molar refractivity (Wildman–Crippen MR) is 89.6 cm³/mol. The molecule has 1 aromatic heterocycles. The smallest absolute Gasteiger partial charge is 0.303 e. The minimum Gasteiger partial charge on any atom is -0.481 e. The van der Waals surface area contributed by atoms with E-state index >= 15 is 0 Å². The first-order chi connectivity index (χ1) is 12.4. The molecule has 1 aliphatic rings. The molecule has 0 radical (unpaired) electrons. The fourth-order valence-corrected chi connectivity index (χ4v) is 3.03. The third kappa shape index (κ3) is 4.08. The molecular weight excluding hydrogens is 341 g/mol. The molecule has 0 spiro atoms. The van der Waals surface area contributed by atoms with Gasteiger partial charge in [-0.2, -0.15) is 5.10 Å². The van der Waals surface area contributed by atoms with Gasteiger partial charge in [0.25, 0.3) is 5.91 Å². The molecule has 1 aliphatic heterocycles. The van der Waals surface area contributed by atoms with Crippen LogP contribution in [0.3, 0.4) is 0 Å². The van der Waals surface area contributed by atoms with Crippen LogP contribution in [0.4, 0.5) is 4.39 Å². The van der Waals surface area contributed by atoms with Gasteiger partial charge in [0.15, 0.2) is 6.10 Å². The fraction of sp³-hybridized carbons (Fsp3) is 0.389. The first kappa shape index (κ1) is 18.1. The van der Waals surface area contributed by atoms with Crippen LogP contribution in [0.1, 0.15) is 35.9 Å². The van der Waals surface area contributed by atoms with Crippen molar-refractivity contribution in [2.75, 3.05) is 6.54 Å². The summed E-state index contributed by atoms with van der Waals surface area (Å²) in [6, 6.07) is 7.00. The maximum absolute atomic E-state index is 13.0. The van der Waals surface area contributed by atoms with Crippen LogP contribution in [-0.2, 0) is 29.1 Å². The Kier molecular flexibility index (Phi) is 5.32. The van der Waals surface area contributed by atoms with Crippen LogP contribution in [0.25, 0.3) is 0 Å². The van der Waals surface area contributed by atoms with Crippen LogP contribution >= 0.6 is 0 Å². The number of aliphatic carboxylic acids is 1. The molecule has 1 aromatic carbocycles. The van der Waals surface area contributed by atoms with Crippen molar-refractivity contribution < 1.29 is 24.2 Å².